The van der Waals surface area contributed by atoms with Gasteiger partial charge in [0.2, 0.25) is 6.41 Å². The third kappa shape index (κ3) is 3.50. The van der Waals surface area contributed by atoms with Crippen LogP contribution in [0.25, 0.3) is 0 Å². The second kappa shape index (κ2) is 5.86. The molecule has 86 valence electrons. The van der Waals surface area contributed by atoms with Crippen LogP contribution in [0.3, 0.4) is 0 Å². The summed E-state index contributed by atoms with van der Waals surface area (Å²) >= 11 is 9.09. The summed E-state index contributed by atoms with van der Waals surface area (Å²) in [6, 6.07) is 4.14. The number of nitrogens with one attached hydrogen (secondary N) is 1. The van der Waals surface area contributed by atoms with Crippen molar-refractivity contribution in [2.75, 3.05) is 0 Å². The van der Waals surface area contributed by atoms with E-state index < -0.39 is 12.0 Å². The van der Waals surface area contributed by atoms with Crippen molar-refractivity contribution in [2.45, 2.75) is 12.5 Å². The van der Waals surface area contributed by atoms with Gasteiger partial charge in [-0.25, -0.2) is 4.79 Å². The summed E-state index contributed by atoms with van der Waals surface area (Å²) in [6.45, 7) is 0. The molecule has 0 radical (unpaired) electrons. The van der Waals surface area contributed by atoms with Crippen molar-refractivity contribution in [1.29, 1.82) is 0 Å². The van der Waals surface area contributed by atoms with Crippen molar-refractivity contribution in [3.8, 4) is 0 Å². The minimum absolute atomic E-state index is 0.176. The van der Waals surface area contributed by atoms with Crippen molar-refractivity contribution in [3.63, 3.8) is 0 Å². The number of hydrogen-bond donors (Lipinski definition) is 2. The fourth-order valence-electron chi connectivity index (χ4n) is 1.22. The van der Waals surface area contributed by atoms with Crippen molar-refractivity contribution in [2.24, 2.45) is 0 Å². The van der Waals surface area contributed by atoms with E-state index in [4.69, 9.17) is 16.7 Å². The van der Waals surface area contributed by atoms with E-state index in [9.17, 15) is 9.59 Å². The Bertz CT molecular complexity index is 411. The zero-order chi connectivity index (χ0) is 12.1. The molecule has 0 aliphatic heterocycles. The predicted molar refractivity (Wildman–Crippen MR) is 63.5 cm³/mol. The third-order valence-corrected chi connectivity index (χ3v) is 3.01. The average Bonchev–Trinajstić information content (AvgIpc) is 2.22. The summed E-state index contributed by atoms with van der Waals surface area (Å²) in [7, 11) is 0. The number of carbonyl (C=O) groups is 2. The second-order valence-corrected chi connectivity index (χ2v) is 4.41. The van der Waals surface area contributed by atoms with E-state index in [-0.39, 0.29) is 6.42 Å². The zero-order valence-corrected chi connectivity index (χ0v) is 10.5. The summed E-state index contributed by atoms with van der Waals surface area (Å²) in [6.07, 6.45) is 0.548. The molecule has 0 spiro atoms. The maximum atomic E-state index is 10.8. The van der Waals surface area contributed by atoms with Crippen LogP contribution >= 0.6 is 27.5 Å². The summed E-state index contributed by atoms with van der Waals surface area (Å²) in [5, 5.41) is 11.6. The van der Waals surface area contributed by atoms with Crippen LogP contribution in [0.15, 0.2) is 22.7 Å². The largest absolute Gasteiger partial charge is 0.480 e. The fourth-order valence-corrected chi connectivity index (χ4v) is 1.82. The van der Waals surface area contributed by atoms with Gasteiger partial charge in [-0.1, -0.05) is 27.5 Å². The smallest absolute Gasteiger partial charge is 0.326 e. The van der Waals surface area contributed by atoms with E-state index in [1.165, 1.54) is 0 Å². The molecular weight excluding hydrogens is 297 g/mol. The number of benzene rings is 1. The Kier molecular flexibility index (Phi) is 4.76. The molecule has 2 N–H and O–H groups in total. The molecule has 0 bridgehead atoms. The summed E-state index contributed by atoms with van der Waals surface area (Å²) < 4.78 is 0.760. The fraction of sp³-hybridized carbons (Fsp3) is 0.200. The molecule has 1 rings (SSSR count). The van der Waals surface area contributed by atoms with Crippen LogP contribution in [0, 0.1) is 0 Å². The highest BCUT2D eigenvalue weighted by Gasteiger charge is 2.18. The van der Waals surface area contributed by atoms with Gasteiger partial charge in [0.25, 0.3) is 0 Å². The van der Waals surface area contributed by atoms with E-state index in [0.29, 0.717) is 11.4 Å². The SMILES string of the molecule is O=CNC(Cc1cc(Cl)ccc1Br)C(=O)O. The number of halogens is 2. The predicted octanol–water partition coefficient (Wildman–Crippen LogP) is 1.84. The maximum Gasteiger partial charge on any atom is 0.326 e. The number of amides is 1. The van der Waals surface area contributed by atoms with Crippen LogP contribution in [0.5, 0.6) is 0 Å². The molecule has 4 nitrogen and oxygen atoms in total. The number of carboxylic acid groups (broad SMARTS) is 1. The highest BCUT2D eigenvalue weighted by molar-refractivity contribution is 9.10. The van der Waals surface area contributed by atoms with Gasteiger partial charge in [-0.05, 0) is 23.8 Å². The molecule has 1 aromatic carbocycles. The molecule has 0 fully saturated rings. The van der Waals surface area contributed by atoms with Crippen molar-refractivity contribution in [1.82, 2.24) is 5.32 Å². The Morgan fingerprint density at radius 1 is 1.62 bits per heavy atom. The lowest BCUT2D eigenvalue weighted by Gasteiger charge is -2.12. The van der Waals surface area contributed by atoms with Gasteiger partial charge in [-0.15, -0.1) is 0 Å². The molecule has 1 unspecified atom stereocenters. The van der Waals surface area contributed by atoms with Gasteiger partial charge in [0.05, 0.1) is 0 Å². The van der Waals surface area contributed by atoms with Crippen LogP contribution in [-0.4, -0.2) is 23.5 Å². The van der Waals surface area contributed by atoms with Crippen LogP contribution in [0.2, 0.25) is 5.02 Å². The number of rotatable bonds is 5. The van der Waals surface area contributed by atoms with Gasteiger partial charge >= 0.3 is 5.97 Å². The van der Waals surface area contributed by atoms with Gasteiger partial charge in [0.1, 0.15) is 6.04 Å². The molecule has 0 aromatic heterocycles. The Morgan fingerprint density at radius 3 is 2.88 bits per heavy atom. The first-order valence-corrected chi connectivity index (χ1v) is 5.58. The highest BCUT2D eigenvalue weighted by atomic mass is 79.9. The highest BCUT2D eigenvalue weighted by Crippen LogP contribution is 2.22. The number of carboxylic acids is 1. The average molecular weight is 307 g/mol. The lowest BCUT2D eigenvalue weighted by atomic mass is 10.1. The maximum absolute atomic E-state index is 10.8. The molecule has 0 heterocycles. The van der Waals surface area contributed by atoms with Gasteiger partial charge in [0.15, 0.2) is 0 Å². The van der Waals surface area contributed by atoms with Gasteiger partial charge in [0, 0.05) is 15.9 Å². The first kappa shape index (κ1) is 13.0. The van der Waals surface area contributed by atoms with E-state index in [1.807, 2.05) is 0 Å². The van der Waals surface area contributed by atoms with Crippen LogP contribution in [-0.2, 0) is 16.0 Å². The van der Waals surface area contributed by atoms with Crippen molar-refractivity contribution in [3.05, 3.63) is 33.3 Å². The van der Waals surface area contributed by atoms with Gasteiger partial charge < -0.3 is 10.4 Å². The van der Waals surface area contributed by atoms with E-state index >= 15 is 0 Å². The van der Waals surface area contributed by atoms with Crippen LogP contribution < -0.4 is 5.32 Å². The molecule has 1 atom stereocenters. The summed E-state index contributed by atoms with van der Waals surface area (Å²) in [4.78, 5) is 21.1. The molecular formula is C10H9BrClNO3. The standard InChI is InChI=1S/C10H9BrClNO3/c11-8-2-1-7(12)3-6(8)4-9(10(15)16)13-5-14/h1-3,5,9H,4H2,(H,13,14)(H,15,16). The summed E-state index contributed by atoms with van der Waals surface area (Å²) in [5.41, 5.74) is 0.731. The Hall–Kier alpha value is -1.07. The Labute approximate surface area is 106 Å². The van der Waals surface area contributed by atoms with Gasteiger partial charge in [-0.2, -0.15) is 0 Å². The molecule has 0 aliphatic rings. The molecule has 0 saturated carbocycles. The molecule has 0 aliphatic carbocycles. The van der Waals surface area contributed by atoms with E-state index in [1.54, 1.807) is 18.2 Å². The van der Waals surface area contributed by atoms with Crippen LogP contribution in [0.4, 0.5) is 0 Å². The van der Waals surface area contributed by atoms with Crippen molar-refractivity contribution >= 4 is 39.9 Å². The number of carbonyl (C=O) groups excluding carboxylic acids is 1. The lowest BCUT2D eigenvalue weighted by molar-refractivity contribution is -0.140. The minimum Gasteiger partial charge on any atom is -0.480 e. The Balaban J connectivity index is 2.88. The normalized spacial score (nSPS) is 11.9. The molecule has 6 heteroatoms. The molecule has 16 heavy (non-hydrogen) atoms. The lowest BCUT2D eigenvalue weighted by Crippen LogP contribution is -2.37. The molecule has 0 saturated heterocycles. The number of hydrogen-bond acceptors (Lipinski definition) is 2. The topological polar surface area (TPSA) is 66.4 Å². The monoisotopic (exact) mass is 305 g/mol. The van der Waals surface area contributed by atoms with Gasteiger partial charge in [-0.3, -0.25) is 4.79 Å². The molecule has 1 aromatic rings. The van der Waals surface area contributed by atoms with E-state index in [0.717, 1.165) is 10.0 Å². The summed E-state index contributed by atoms with van der Waals surface area (Å²) in [5.74, 6) is -1.08. The quantitative estimate of drug-likeness (QED) is 0.816. The third-order valence-electron chi connectivity index (χ3n) is 2.00. The number of aliphatic carboxylic acids is 1. The first-order chi connectivity index (χ1) is 7.54. The first-order valence-electron chi connectivity index (χ1n) is 4.41. The minimum atomic E-state index is -1.08. The van der Waals surface area contributed by atoms with E-state index in [2.05, 4.69) is 21.2 Å². The van der Waals surface area contributed by atoms with Crippen LogP contribution in [0.1, 0.15) is 5.56 Å². The second-order valence-electron chi connectivity index (χ2n) is 3.12. The molecule has 1 amide bonds. The zero-order valence-electron chi connectivity index (χ0n) is 8.11. The van der Waals surface area contributed by atoms with Crippen molar-refractivity contribution < 1.29 is 14.7 Å². The Morgan fingerprint density at radius 2 is 2.31 bits per heavy atom.